The van der Waals surface area contributed by atoms with Crippen molar-refractivity contribution < 1.29 is 9.90 Å². The van der Waals surface area contributed by atoms with Gasteiger partial charge in [0, 0.05) is 12.8 Å². The van der Waals surface area contributed by atoms with Gasteiger partial charge in [-0.1, -0.05) is 96.8 Å². The molecule has 0 saturated carbocycles. The number of aliphatic hydroxyl groups is 1. The first-order valence-corrected chi connectivity index (χ1v) is 11.5. The Labute approximate surface area is 166 Å². The zero-order valence-electron chi connectivity index (χ0n) is 17.6. The highest BCUT2D eigenvalue weighted by Crippen LogP contribution is 2.14. The molecule has 4 nitrogen and oxygen atoms in total. The number of aliphatic hydroxyl groups excluding tert-OH is 1. The lowest BCUT2D eigenvalue weighted by Gasteiger charge is -2.03. The molecule has 0 fully saturated rings. The van der Waals surface area contributed by atoms with Gasteiger partial charge in [-0.25, -0.2) is 4.98 Å². The van der Waals surface area contributed by atoms with Crippen molar-refractivity contribution in [2.24, 2.45) is 0 Å². The molecule has 156 valence electrons. The van der Waals surface area contributed by atoms with Crippen molar-refractivity contribution in [2.45, 2.75) is 116 Å². The maximum absolute atomic E-state index is 12.1. The Morgan fingerprint density at radius 3 is 1.81 bits per heavy atom. The largest absolute Gasteiger partial charge is 0.396 e. The highest BCUT2D eigenvalue weighted by Gasteiger charge is 2.09. The first kappa shape index (κ1) is 23.9. The number of H-pyrrole nitrogens is 1. The van der Waals surface area contributed by atoms with Crippen LogP contribution in [0, 0.1) is 0 Å². The Balaban J connectivity index is 1.84. The van der Waals surface area contributed by atoms with Crippen molar-refractivity contribution >= 4 is 5.78 Å². The predicted octanol–water partition coefficient (Wildman–Crippen LogP) is 6.39. The zero-order chi connectivity index (χ0) is 19.6. The number of ketones is 1. The van der Waals surface area contributed by atoms with Crippen LogP contribution in [-0.2, 0) is 6.42 Å². The van der Waals surface area contributed by atoms with Crippen LogP contribution in [0.25, 0.3) is 0 Å². The Hall–Kier alpha value is -1.16. The van der Waals surface area contributed by atoms with Crippen molar-refractivity contribution in [3.8, 4) is 0 Å². The number of carbonyl (C=O) groups is 1. The summed E-state index contributed by atoms with van der Waals surface area (Å²) in [5.74, 6) is 0.832. The quantitative estimate of drug-likeness (QED) is 0.216. The molecule has 1 aromatic heterocycles. The van der Waals surface area contributed by atoms with E-state index in [-0.39, 0.29) is 12.4 Å². The van der Waals surface area contributed by atoms with E-state index in [1.54, 1.807) is 6.20 Å². The van der Waals surface area contributed by atoms with E-state index in [2.05, 4.69) is 16.9 Å². The van der Waals surface area contributed by atoms with Gasteiger partial charge in [-0.3, -0.25) is 4.79 Å². The Morgan fingerprint density at radius 1 is 0.852 bits per heavy atom. The van der Waals surface area contributed by atoms with Gasteiger partial charge in [-0.05, 0) is 6.42 Å². The summed E-state index contributed by atoms with van der Waals surface area (Å²) < 4.78 is 0. The van der Waals surface area contributed by atoms with Crippen molar-refractivity contribution in [3.63, 3.8) is 0 Å². The Kier molecular flexibility index (Phi) is 15.0. The molecule has 27 heavy (non-hydrogen) atoms. The molecule has 0 aliphatic heterocycles. The summed E-state index contributed by atoms with van der Waals surface area (Å²) in [6.07, 6.45) is 22.7. The van der Waals surface area contributed by atoms with E-state index in [1.165, 1.54) is 83.5 Å². The molecular weight excluding hydrogens is 336 g/mol. The zero-order valence-corrected chi connectivity index (χ0v) is 17.6. The number of aromatic nitrogens is 2. The van der Waals surface area contributed by atoms with Gasteiger partial charge < -0.3 is 10.1 Å². The summed E-state index contributed by atoms with van der Waals surface area (Å²) >= 11 is 0. The highest BCUT2D eigenvalue weighted by atomic mass is 16.3. The minimum Gasteiger partial charge on any atom is -0.396 e. The molecule has 1 aromatic rings. The van der Waals surface area contributed by atoms with Gasteiger partial charge in [0.05, 0.1) is 12.8 Å². The number of hydrogen-bond acceptors (Lipinski definition) is 3. The molecule has 0 unspecified atom stereocenters. The number of aromatic amines is 1. The Morgan fingerprint density at radius 2 is 1.33 bits per heavy atom. The second-order valence-corrected chi connectivity index (χ2v) is 7.84. The average molecular weight is 379 g/mol. The smallest absolute Gasteiger partial charge is 0.180 e. The summed E-state index contributed by atoms with van der Waals surface area (Å²) in [5, 5.41) is 8.87. The molecule has 2 N–H and O–H groups in total. The van der Waals surface area contributed by atoms with Crippen molar-refractivity contribution in [2.75, 3.05) is 6.61 Å². The first-order chi connectivity index (χ1) is 13.3. The summed E-state index contributed by atoms with van der Waals surface area (Å²) in [6.45, 7) is 2.33. The molecule has 0 atom stereocenters. The summed E-state index contributed by atoms with van der Waals surface area (Å²) in [7, 11) is 0. The van der Waals surface area contributed by atoms with Gasteiger partial charge in [0.25, 0.3) is 0 Å². The van der Waals surface area contributed by atoms with Crippen LogP contribution in [-0.4, -0.2) is 27.5 Å². The molecule has 1 heterocycles. The number of Topliss-reactive ketones (excluding diaryl/α,β-unsaturated/α-hetero) is 1. The van der Waals surface area contributed by atoms with Crippen LogP contribution in [0.15, 0.2) is 6.20 Å². The molecule has 0 radical (unpaired) electrons. The maximum Gasteiger partial charge on any atom is 0.180 e. The molecule has 0 aliphatic rings. The lowest BCUT2D eigenvalue weighted by molar-refractivity contribution is 0.0974. The third kappa shape index (κ3) is 12.8. The SMILES string of the molecule is CCCCCCCCCCCCCCCCCC(=O)c1cnc(CCO)[nH]1. The fraction of sp³-hybridized carbons (Fsp3) is 0.826. The van der Waals surface area contributed by atoms with Gasteiger partial charge >= 0.3 is 0 Å². The predicted molar refractivity (Wildman–Crippen MR) is 113 cm³/mol. The van der Waals surface area contributed by atoms with Gasteiger partial charge in [-0.2, -0.15) is 0 Å². The number of unbranched alkanes of at least 4 members (excludes halogenated alkanes) is 14. The fourth-order valence-corrected chi connectivity index (χ4v) is 3.53. The molecule has 1 rings (SSSR count). The monoisotopic (exact) mass is 378 g/mol. The van der Waals surface area contributed by atoms with Crippen LogP contribution in [0.2, 0.25) is 0 Å². The summed E-state index contributed by atoms with van der Waals surface area (Å²) in [5.41, 5.74) is 0.587. The number of carbonyl (C=O) groups excluding carboxylic acids is 1. The number of nitrogens with one attached hydrogen (secondary N) is 1. The van der Waals surface area contributed by atoms with E-state index in [0.29, 0.717) is 24.4 Å². The van der Waals surface area contributed by atoms with Crippen LogP contribution in [0.5, 0.6) is 0 Å². The number of nitrogens with zero attached hydrogens (tertiary/aromatic N) is 1. The van der Waals surface area contributed by atoms with Crippen LogP contribution in [0.1, 0.15) is 126 Å². The molecule has 4 heteroatoms. The number of hydrogen-bond donors (Lipinski definition) is 2. The average Bonchev–Trinajstić information content (AvgIpc) is 3.14. The van der Waals surface area contributed by atoms with Gasteiger partial charge in [0.1, 0.15) is 11.5 Å². The lowest BCUT2D eigenvalue weighted by atomic mass is 10.0. The molecule has 0 aromatic carbocycles. The van der Waals surface area contributed by atoms with Crippen molar-refractivity contribution in [3.05, 3.63) is 17.7 Å². The second-order valence-electron chi connectivity index (χ2n) is 7.84. The normalized spacial score (nSPS) is 11.2. The molecule has 0 saturated heterocycles. The van der Waals surface area contributed by atoms with Gasteiger partial charge in [-0.15, -0.1) is 0 Å². The third-order valence-electron chi connectivity index (χ3n) is 5.28. The van der Waals surface area contributed by atoms with Crippen LogP contribution in [0.3, 0.4) is 0 Å². The van der Waals surface area contributed by atoms with Crippen molar-refractivity contribution in [1.82, 2.24) is 9.97 Å². The highest BCUT2D eigenvalue weighted by molar-refractivity contribution is 5.94. The van der Waals surface area contributed by atoms with E-state index < -0.39 is 0 Å². The summed E-state index contributed by atoms with van der Waals surface area (Å²) in [4.78, 5) is 19.2. The lowest BCUT2D eigenvalue weighted by Crippen LogP contribution is -2.00. The van der Waals surface area contributed by atoms with E-state index in [4.69, 9.17) is 5.11 Å². The summed E-state index contributed by atoms with van der Waals surface area (Å²) in [6, 6.07) is 0. The minimum atomic E-state index is 0.0557. The molecule has 0 spiro atoms. The standard InChI is InChI=1S/C23H42N2O2/c1-2-3-4-5-6-7-8-9-10-11-12-13-14-15-16-17-22(27)21-20-24-23(25-21)18-19-26/h20,26H,2-19H2,1H3,(H,24,25). The fourth-order valence-electron chi connectivity index (χ4n) is 3.53. The van der Waals surface area contributed by atoms with E-state index in [0.717, 1.165) is 12.8 Å². The molecular formula is C23H42N2O2. The van der Waals surface area contributed by atoms with E-state index >= 15 is 0 Å². The van der Waals surface area contributed by atoms with Gasteiger partial charge in [0.15, 0.2) is 5.78 Å². The number of imidazole rings is 1. The number of rotatable bonds is 19. The minimum absolute atomic E-state index is 0.0557. The first-order valence-electron chi connectivity index (χ1n) is 11.5. The second kappa shape index (κ2) is 17.0. The van der Waals surface area contributed by atoms with E-state index in [1.807, 2.05) is 0 Å². The topological polar surface area (TPSA) is 66.0 Å². The molecule has 0 bridgehead atoms. The maximum atomic E-state index is 12.1. The van der Waals surface area contributed by atoms with E-state index in [9.17, 15) is 4.79 Å². The van der Waals surface area contributed by atoms with Gasteiger partial charge in [0.2, 0.25) is 0 Å². The van der Waals surface area contributed by atoms with Crippen LogP contribution < -0.4 is 0 Å². The van der Waals surface area contributed by atoms with Crippen LogP contribution in [0.4, 0.5) is 0 Å². The van der Waals surface area contributed by atoms with Crippen LogP contribution >= 0.6 is 0 Å². The molecule has 0 amide bonds. The molecule has 0 aliphatic carbocycles. The third-order valence-corrected chi connectivity index (χ3v) is 5.28. The van der Waals surface area contributed by atoms with Crippen molar-refractivity contribution in [1.29, 1.82) is 0 Å². The Bertz CT molecular complexity index is 471.